The molecule has 6 nitrogen and oxygen atoms in total. The summed E-state index contributed by atoms with van der Waals surface area (Å²) in [5, 5.41) is 9.08. The quantitative estimate of drug-likeness (QED) is 0.166. The van der Waals surface area contributed by atoms with Gasteiger partial charge in [0.15, 0.2) is 17.5 Å². The summed E-state index contributed by atoms with van der Waals surface area (Å²) >= 11 is 1.84. The largest absolute Gasteiger partial charge is 0.456 e. The molecular formula is C63H36N4O2S. The molecule has 0 fully saturated rings. The Morgan fingerprint density at radius 1 is 0.314 bits per heavy atom. The minimum Gasteiger partial charge on any atom is -0.456 e. The van der Waals surface area contributed by atoms with Crippen LogP contribution in [0.4, 0.5) is 0 Å². The van der Waals surface area contributed by atoms with Gasteiger partial charge in [0.05, 0.1) is 11.0 Å². The lowest BCUT2D eigenvalue weighted by Gasteiger charge is -2.12. The minimum absolute atomic E-state index is 0.563. The van der Waals surface area contributed by atoms with Crippen LogP contribution in [0.1, 0.15) is 0 Å². The average molecular weight is 913 g/mol. The molecule has 15 aromatic rings. The van der Waals surface area contributed by atoms with Crippen LogP contribution < -0.4 is 0 Å². The molecule has 0 saturated carbocycles. The fourth-order valence-corrected chi connectivity index (χ4v) is 11.9. The highest BCUT2D eigenvalue weighted by atomic mass is 32.1. The monoisotopic (exact) mass is 912 g/mol. The molecule has 70 heavy (non-hydrogen) atoms. The van der Waals surface area contributed by atoms with E-state index in [0.29, 0.717) is 17.5 Å². The summed E-state index contributed by atoms with van der Waals surface area (Å²) in [6, 6.07) is 76.7. The van der Waals surface area contributed by atoms with Gasteiger partial charge in [-0.05, 0) is 89.0 Å². The van der Waals surface area contributed by atoms with Crippen molar-refractivity contribution in [1.82, 2.24) is 19.5 Å². The van der Waals surface area contributed by atoms with E-state index in [-0.39, 0.29) is 0 Å². The summed E-state index contributed by atoms with van der Waals surface area (Å²) in [6.45, 7) is 0. The molecule has 5 aromatic heterocycles. The number of thiophene rings is 1. The van der Waals surface area contributed by atoms with E-state index in [2.05, 4.69) is 180 Å². The lowest BCUT2D eigenvalue weighted by atomic mass is 9.93. The maximum atomic E-state index is 6.65. The first kappa shape index (κ1) is 38.9. The molecule has 0 aliphatic carbocycles. The predicted octanol–water partition coefficient (Wildman–Crippen LogP) is 17.5. The van der Waals surface area contributed by atoms with Gasteiger partial charge in [0, 0.05) is 74.9 Å². The molecule has 7 heteroatoms. The van der Waals surface area contributed by atoms with Crippen LogP contribution in [-0.2, 0) is 0 Å². The van der Waals surface area contributed by atoms with Crippen LogP contribution in [0.5, 0.6) is 0 Å². The molecular weight excluding hydrogens is 877 g/mol. The van der Waals surface area contributed by atoms with Gasteiger partial charge in [0.2, 0.25) is 0 Å². The Labute approximate surface area is 404 Å². The van der Waals surface area contributed by atoms with Crippen molar-refractivity contribution in [3.63, 3.8) is 0 Å². The smallest absolute Gasteiger partial charge is 0.164 e. The third-order valence-electron chi connectivity index (χ3n) is 13.9. The number of para-hydroxylation sites is 2. The van der Waals surface area contributed by atoms with E-state index >= 15 is 0 Å². The fraction of sp³-hybridized carbons (Fsp3) is 0. The van der Waals surface area contributed by atoms with E-state index in [1.54, 1.807) is 0 Å². The van der Waals surface area contributed by atoms with Gasteiger partial charge in [-0.3, -0.25) is 0 Å². The molecule has 15 rings (SSSR count). The first-order chi connectivity index (χ1) is 34.7. The first-order valence-corrected chi connectivity index (χ1v) is 24.2. The first-order valence-electron chi connectivity index (χ1n) is 23.4. The van der Waals surface area contributed by atoms with Crippen molar-refractivity contribution in [1.29, 1.82) is 0 Å². The van der Waals surface area contributed by atoms with Crippen molar-refractivity contribution in [2.45, 2.75) is 0 Å². The van der Waals surface area contributed by atoms with Crippen molar-refractivity contribution < 1.29 is 8.83 Å². The molecule has 0 saturated heterocycles. The predicted molar refractivity (Wildman–Crippen MR) is 289 cm³/mol. The Kier molecular flexibility index (Phi) is 8.43. The van der Waals surface area contributed by atoms with Gasteiger partial charge < -0.3 is 13.4 Å². The van der Waals surface area contributed by atoms with Crippen LogP contribution in [0.2, 0.25) is 0 Å². The van der Waals surface area contributed by atoms with E-state index in [1.165, 1.54) is 30.9 Å². The second-order valence-corrected chi connectivity index (χ2v) is 18.9. The van der Waals surface area contributed by atoms with Crippen LogP contribution in [-0.4, -0.2) is 19.5 Å². The molecule has 0 radical (unpaired) electrons. The second kappa shape index (κ2) is 15.2. The Bertz CT molecular complexity index is 4560. The van der Waals surface area contributed by atoms with E-state index in [4.69, 9.17) is 23.8 Å². The highest BCUT2D eigenvalue weighted by Crippen LogP contribution is 2.45. The van der Waals surface area contributed by atoms with Crippen LogP contribution in [0, 0.1) is 0 Å². The van der Waals surface area contributed by atoms with Crippen molar-refractivity contribution in [2.24, 2.45) is 0 Å². The van der Waals surface area contributed by atoms with Gasteiger partial charge in [-0.2, -0.15) is 0 Å². The van der Waals surface area contributed by atoms with Gasteiger partial charge >= 0.3 is 0 Å². The fourth-order valence-electron chi connectivity index (χ4n) is 10.7. The van der Waals surface area contributed by atoms with Gasteiger partial charge in [-0.15, -0.1) is 11.3 Å². The Hall–Kier alpha value is -9.17. The number of furan rings is 2. The van der Waals surface area contributed by atoms with Crippen molar-refractivity contribution >= 4 is 97.2 Å². The molecule has 0 aliphatic rings. The second-order valence-electron chi connectivity index (χ2n) is 17.9. The number of aromatic nitrogens is 4. The molecule has 0 amide bonds. The van der Waals surface area contributed by atoms with Crippen molar-refractivity contribution in [3.05, 3.63) is 218 Å². The maximum absolute atomic E-state index is 6.65. The summed E-state index contributed by atoms with van der Waals surface area (Å²) in [5.74, 6) is 1.74. The Morgan fingerprint density at radius 3 is 1.60 bits per heavy atom. The molecule has 5 heterocycles. The average Bonchev–Trinajstić information content (AvgIpc) is 4.19. The van der Waals surface area contributed by atoms with Crippen LogP contribution in [0.3, 0.4) is 0 Å². The van der Waals surface area contributed by atoms with E-state index < -0.39 is 0 Å². The van der Waals surface area contributed by atoms with Crippen LogP contribution in [0.15, 0.2) is 227 Å². The maximum Gasteiger partial charge on any atom is 0.164 e. The molecule has 0 N–H and O–H groups in total. The highest BCUT2D eigenvalue weighted by molar-refractivity contribution is 7.25. The minimum atomic E-state index is 0.563. The summed E-state index contributed by atoms with van der Waals surface area (Å²) in [5.41, 5.74) is 13.6. The highest BCUT2D eigenvalue weighted by Gasteiger charge is 2.22. The van der Waals surface area contributed by atoms with Gasteiger partial charge in [-0.1, -0.05) is 152 Å². The molecule has 10 aromatic carbocycles. The number of fused-ring (bicyclic) bond motifs is 12. The topological polar surface area (TPSA) is 69.9 Å². The zero-order chi connectivity index (χ0) is 45.9. The number of hydrogen-bond donors (Lipinski definition) is 0. The number of benzene rings is 10. The van der Waals surface area contributed by atoms with E-state index in [9.17, 15) is 0 Å². The number of hydrogen-bond acceptors (Lipinski definition) is 6. The molecule has 326 valence electrons. The van der Waals surface area contributed by atoms with Crippen LogP contribution in [0.25, 0.3) is 148 Å². The normalized spacial score (nSPS) is 12.0. The van der Waals surface area contributed by atoms with Crippen molar-refractivity contribution in [2.75, 3.05) is 0 Å². The summed E-state index contributed by atoms with van der Waals surface area (Å²) in [7, 11) is 0. The van der Waals surface area contributed by atoms with Crippen LogP contribution >= 0.6 is 11.3 Å². The zero-order valence-electron chi connectivity index (χ0n) is 37.3. The molecule has 0 atom stereocenters. The summed E-state index contributed by atoms with van der Waals surface area (Å²) < 4.78 is 18.2. The Morgan fingerprint density at radius 2 is 0.857 bits per heavy atom. The van der Waals surface area contributed by atoms with Gasteiger partial charge in [-0.25, -0.2) is 15.0 Å². The summed E-state index contributed by atoms with van der Waals surface area (Å²) in [6.07, 6.45) is 0. The zero-order valence-corrected chi connectivity index (χ0v) is 38.1. The van der Waals surface area contributed by atoms with Crippen molar-refractivity contribution in [3.8, 4) is 62.1 Å². The van der Waals surface area contributed by atoms with E-state index in [0.717, 1.165) is 99.5 Å². The Balaban J connectivity index is 0.902. The molecule has 0 spiro atoms. The number of nitrogens with zero attached hydrogens (tertiary/aromatic N) is 4. The molecule has 0 aliphatic heterocycles. The third kappa shape index (κ3) is 5.95. The number of rotatable bonds is 6. The SMILES string of the molecule is c1ccc(-c2nc(-c3cccc(-n4c5ccccc5c5ccccc54)c3)nc(-c3cccc4oc5ccc(-c6cccc7oc8cccc(-c9ccc%10c(c9)sc9ccccc9%10)c8c67)cc5c34)n2)cc1. The summed E-state index contributed by atoms with van der Waals surface area (Å²) in [4.78, 5) is 15.7. The third-order valence-corrected chi connectivity index (χ3v) is 15.0. The lowest BCUT2D eigenvalue weighted by molar-refractivity contribution is 0.669. The van der Waals surface area contributed by atoms with Gasteiger partial charge in [0.25, 0.3) is 0 Å². The standard InChI is InChI=1S/C63H36N4O2S/c1-2-14-37(15-3-1)61-64-62(40-16-10-17-41(34-40)67-50-24-7-4-18-44(50)45-19-5-8-25-51(45)67)66-63(65-61)48-23-13-26-53-58(48)49-35-38(31-33-52(49)68-53)42-21-11-27-54-59(42)60-43(22-12-28-55(60)69-54)39-30-32-47-46-20-6-9-29-56(46)70-57(47)36-39/h1-36H. The van der Waals surface area contributed by atoms with Gasteiger partial charge in [0.1, 0.15) is 22.3 Å². The molecule has 0 bridgehead atoms. The van der Waals surface area contributed by atoms with E-state index in [1.807, 2.05) is 53.8 Å². The lowest BCUT2D eigenvalue weighted by Crippen LogP contribution is -2.01. The molecule has 0 unspecified atom stereocenters.